The monoisotopic (exact) mass is 154 g/mol. The fourth-order valence-corrected chi connectivity index (χ4v) is 0.964. The van der Waals surface area contributed by atoms with Crippen molar-refractivity contribution in [1.29, 1.82) is 0 Å². The molecule has 1 N–H and O–H groups in total. The summed E-state index contributed by atoms with van der Waals surface area (Å²) in [6, 6.07) is 0. The summed E-state index contributed by atoms with van der Waals surface area (Å²) in [4.78, 5) is 0. The molecule has 0 heterocycles. The smallest absolute Gasteiger partial charge is 0.0873 e. The summed E-state index contributed by atoms with van der Waals surface area (Å²) in [5, 5.41) is 9.56. The highest BCUT2D eigenvalue weighted by Gasteiger charge is 2.17. The topological polar surface area (TPSA) is 20.2 Å². The lowest BCUT2D eigenvalue weighted by atomic mass is 9.94. The normalized spacial score (nSPS) is 10.9. The average molecular weight is 154 g/mol. The first-order valence-corrected chi connectivity index (χ1v) is 4.14. The van der Waals surface area contributed by atoms with Crippen LogP contribution in [0.5, 0.6) is 0 Å². The van der Waals surface area contributed by atoms with Gasteiger partial charge in [-0.25, -0.2) is 0 Å². The zero-order valence-electron chi connectivity index (χ0n) is 7.78. The lowest BCUT2D eigenvalue weighted by Gasteiger charge is -2.19. The molecule has 0 amide bonds. The fourth-order valence-electron chi connectivity index (χ4n) is 0.964. The van der Waals surface area contributed by atoms with E-state index in [0.717, 1.165) is 24.8 Å². The van der Waals surface area contributed by atoms with Gasteiger partial charge in [-0.2, -0.15) is 0 Å². The third-order valence-corrected chi connectivity index (χ3v) is 1.73. The van der Waals surface area contributed by atoms with Crippen molar-refractivity contribution in [1.82, 2.24) is 0 Å². The molecule has 0 atom stereocenters. The van der Waals surface area contributed by atoms with Gasteiger partial charge >= 0.3 is 0 Å². The maximum Gasteiger partial charge on any atom is 0.0873 e. The summed E-state index contributed by atoms with van der Waals surface area (Å²) in [7, 11) is 0. The van der Waals surface area contributed by atoms with Crippen molar-refractivity contribution < 1.29 is 5.11 Å². The van der Waals surface area contributed by atoms with E-state index in [4.69, 9.17) is 0 Å². The van der Waals surface area contributed by atoms with E-state index in [1.165, 1.54) is 0 Å². The van der Waals surface area contributed by atoms with Gasteiger partial charge in [0.25, 0.3) is 0 Å². The SMILES string of the molecule is C=C=C(CCCC)C(C)(C)O. The first-order chi connectivity index (χ1) is 5.02. The average Bonchev–Trinajstić information content (AvgIpc) is 1.87. The standard InChI is InChI=1S/C10H18O/c1-5-7-8-9(6-2)10(3,4)11/h11H,2,5,7-8H2,1,3-4H3. The van der Waals surface area contributed by atoms with E-state index >= 15 is 0 Å². The molecule has 0 aliphatic rings. The third kappa shape index (κ3) is 4.02. The van der Waals surface area contributed by atoms with Crippen LogP contribution in [0, 0.1) is 0 Å². The first-order valence-electron chi connectivity index (χ1n) is 4.14. The molecule has 0 saturated heterocycles. The second-order valence-corrected chi connectivity index (χ2v) is 3.32. The van der Waals surface area contributed by atoms with Crippen LogP contribution in [0.2, 0.25) is 0 Å². The summed E-state index contributed by atoms with van der Waals surface area (Å²) in [5.41, 5.74) is 2.97. The van der Waals surface area contributed by atoms with Crippen molar-refractivity contribution in [3.8, 4) is 0 Å². The van der Waals surface area contributed by atoms with Crippen LogP contribution >= 0.6 is 0 Å². The molecule has 0 aliphatic carbocycles. The molecule has 1 nitrogen and oxygen atoms in total. The molecule has 0 aromatic rings. The van der Waals surface area contributed by atoms with Gasteiger partial charge in [-0.15, -0.1) is 5.73 Å². The Hall–Kier alpha value is -0.520. The van der Waals surface area contributed by atoms with Crippen molar-refractivity contribution in [3.05, 3.63) is 17.9 Å². The Labute approximate surface area is 69.4 Å². The summed E-state index contributed by atoms with van der Waals surface area (Å²) < 4.78 is 0. The van der Waals surface area contributed by atoms with Crippen LogP contribution < -0.4 is 0 Å². The van der Waals surface area contributed by atoms with Crippen molar-refractivity contribution in [3.63, 3.8) is 0 Å². The Balaban J connectivity index is 4.10. The Kier molecular flexibility index (Phi) is 4.17. The minimum absolute atomic E-state index is 0.739. The number of hydrogen-bond donors (Lipinski definition) is 1. The van der Waals surface area contributed by atoms with Crippen LogP contribution in [0.25, 0.3) is 0 Å². The highest BCUT2D eigenvalue weighted by atomic mass is 16.3. The van der Waals surface area contributed by atoms with Gasteiger partial charge in [-0.1, -0.05) is 19.9 Å². The predicted octanol–water partition coefficient (Wildman–Crippen LogP) is 2.66. The molecule has 0 saturated carbocycles. The summed E-state index contributed by atoms with van der Waals surface area (Å²) in [6.45, 7) is 9.24. The molecule has 1 heteroatoms. The fraction of sp³-hybridized carbons (Fsp3) is 0.700. The zero-order chi connectivity index (χ0) is 8.91. The quantitative estimate of drug-likeness (QED) is 0.617. The van der Waals surface area contributed by atoms with Gasteiger partial charge in [0, 0.05) is 5.57 Å². The Morgan fingerprint density at radius 2 is 2.09 bits per heavy atom. The van der Waals surface area contributed by atoms with Gasteiger partial charge in [0.1, 0.15) is 0 Å². The number of hydrogen-bond acceptors (Lipinski definition) is 1. The lowest BCUT2D eigenvalue weighted by molar-refractivity contribution is 0.116. The van der Waals surface area contributed by atoms with Crippen molar-refractivity contribution in [2.75, 3.05) is 0 Å². The summed E-state index contributed by atoms with van der Waals surface area (Å²) in [5.74, 6) is 0. The van der Waals surface area contributed by atoms with Gasteiger partial charge in [-0.3, -0.25) is 0 Å². The molecule has 0 fully saturated rings. The van der Waals surface area contributed by atoms with Gasteiger partial charge in [-0.05, 0) is 26.7 Å². The number of aliphatic hydroxyl groups is 1. The first kappa shape index (κ1) is 10.5. The molecule has 0 aromatic heterocycles. The highest BCUT2D eigenvalue weighted by molar-refractivity contribution is 5.11. The molecule has 0 rings (SSSR count). The molecular weight excluding hydrogens is 136 g/mol. The van der Waals surface area contributed by atoms with Crippen LogP contribution in [0.4, 0.5) is 0 Å². The minimum Gasteiger partial charge on any atom is -0.385 e. The van der Waals surface area contributed by atoms with E-state index in [0.29, 0.717) is 0 Å². The second-order valence-electron chi connectivity index (χ2n) is 3.32. The molecule has 0 unspecified atom stereocenters. The molecule has 0 radical (unpaired) electrons. The lowest BCUT2D eigenvalue weighted by Crippen LogP contribution is -2.21. The van der Waals surface area contributed by atoms with Crippen LogP contribution in [-0.4, -0.2) is 10.7 Å². The van der Waals surface area contributed by atoms with Crippen molar-refractivity contribution >= 4 is 0 Å². The molecular formula is C10H18O. The predicted molar refractivity (Wildman–Crippen MR) is 48.5 cm³/mol. The van der Waals surface area contributed by atoms with Crippen LogP contribution in [0.3, 0.4) is 0 Å². The van der Waals surface area contributed by atoms with E-state index < -0.39 is 5.60 Å². The van der Waals surface area contributed by atoms with Crippen LogP contribution in [-0.2, 0) is 0 Å². The zero-order valence-corrected chi connectivity index (χ0v) is 7.78. The summed E-state index contributed by atoms with van der Waals surface area (Å²) >= 11 is 0. The van der Waals surface area contributed by atoms with E-state index in [1.54, 1.807) is 13.8 Å². The van der Waals surface area contributed by atoms with Gasteiger partial charge < -0.3 is 5.11 Å². The van der Waals surface area contributed by atoms with Crippen molar-refractivity contribution in [2.45, 2.75) is 45.6 Å². The van der Waals surface area contributed by atoms with E-state index in [9.17, 15) is 5.11 Å². The molecule has 0 aromatic carbocycles. The largest absolute Gasteiger partial charge is 0.385 e. The Morgan fingerprint density at radius 3 is 2.36 bits per heavy atom. The van der Waals surface area contributed by atoms with E-state index in [1.807, 2.05) is 0 Å². The van der Waals surface area contributed by atoms with Gasteiger partial charge in [0.05, 0.1) is 5.60 Å². The Bertz CT molecular complexity index is 156. The third-order valence-electron chi connectivity index (χ3n) is 1.73. The number of rotatable bonds is 4. The molecule has 11 heavy (non-hydrogen) atoms. The van der Waals surface area contributed by atoms with Crippen LogP contribution in [0.15, 0.2) is 17.9 Å². The highest BCUT2D eigenvalue weighted by Crippen LogP contribution is 2.19. The molecule has 0 bridgehead atoms. The van der Waals surface area contributed by atoms with E-state index in [2.05, 4.69) is 19.2 Å². The minimum atomic E-state index is -0.739. The Morgan fingerprint density at radius 1 is 1.55 bits per heavy atom. The van der Waals surface area contributed by atoms with Crippen molar-refractivity contribution in [2.24, 2.45) is 0 Å². The molecule has 0 spiro atoms. The van der Waals surface area contributed by atoms with Crippen LogP contribution in [0.1, 0.15) is 40.0 Å². The van der Waals surface area contributed by atoms with E-state index in [-0.39, 0.29) is 0 Å². The molecule has 64 valence electrons. The number of unbranched alkanes of at least 4 members (excludes halogenated alkanes) is 1. The van der Waals surface area contributed by atoms with Gasteiger partial charge in [0.15, 0.2) is 0 Å². The summed E-state index contributed by atoms with van der Waals surface area (Å²) in [6.07, 6.45) is 3.15. The second kappa shape index (κ2) is 4.38. The van der Waals surface area contributed by atoms with Gasteiger partial charge in [0.2, 0.25) is 0 Å². The molecule has 0 aliphatic heterocycles. The maximum absolute atomic E-state index is 9.56. The maximum atomic E-state index is 9.56.